The zero-order valence-corrected chi connectivity index (χ0v) is 11.5. The van der Waals surface area contributed by atoms with Crippen molar-refractivity contribution >= 4 is 15.9 Å². The first-order valence-corrected chi connectivity index (χ1v) is 7.04. The lowest BCUT2D eigenvalue weighted by atomic mass is 9.82. The second-order valence-corrected chi connectivity index (χ2v) is 5.68. The Kier molecular flexibility index (Phi) is 4.04. The molecule has 0 aromatic heterocycles. The number of nitrogens with two attached hydrogens (primary N) is 1. The summed E-state index contributed by atoms with van der Waals surface area (Å²) in [5.41, 5.74) is 8.83. The van der Waals surface area contributed by atoms with E-state index in [2.05, 4.69) is 41.1 Å². The van der Waals surface area contributed by atoms with Crippen molar-refractivity contribution in [3.05, 3.63) is 33.8 Å². The Morgan fingerprint density at radius 2 is 1.94 bits per heavy atom. The van der Waals surface area contributed by atoms with Crippen LogP contribution in [-0.4, -0.2) is 6.04 Å². The number of hydrogen-bond donors (Lipinski definition) is 1. The summed E-state index contributed by atoms with van der Waals surface area (Å²) in [6.45, 7) is 2.20. The van der Waals surface area contributed by atoms with Gasteiger partial charge in [0.25, 0.3) is 0 Å². The van der Waals surface area contributed by atoms with Gasteiger partial charge in [-0.25, -0.2) is 0 Å². The molecule has 1 aliphatic rings. The molecule has 0 aliphatic heterocycles. The van der Waals surface area contributed by atoms with Gasteiger partial charge in [-0.15, -0.1) is 0 Å². The van der Waals surface area contributed by atoms with E-state index in [0.717, 1.165) is 6.42 Å². The van der Waals surface area contributed by atoms with Crippen molar-refractivity contribution in [3.63, 3.8) is 0 Å². The van der Waals surface area contributed by atoms with E-state index in [-0.39, 0.29) is 0 Å². The maximum Gasteiger partial charge on any atom is 0.0212 e. The standard InChI is InChI=1S/C14H20BrN/c1-2-10-3-8-13(14(15)9-10)11-4-6-12(16)7-5-11/h3,8-9,11-12H,2,4-7,16H2,1H3. The summed E-state index contributed by atoms with van der Waals surface area (Å²) in [6, 6.07) is 7.26. The molecule has 0 saturated heterocycles. The van der Waals surface area contributed by atoms with E-state index < -0.39 is 0 Å². The van der Waals surface area contributed by atoms with Crippen molar-refractivity contribution in [2.24, 2.45) is 5.73 Å². The predicted octanol–water partition coefficient (Wildman–Crippen LogP) is 4.00. The Bertz CT molecular complexity index is 354. The van der Waals surface area contributed by atoms with Crippen molar-refractivity contribution in [1.82, 2.24) is 0 Å². The summed E-state index contributed by atoms with van der Waals surface area (Å²) < 4.78 is 1.28. The van der Waals surface area contributed by atoms with Crippen LogP contribution in [0.15, 0.2) is 22.7 Å². The van der Waals surface area contributed by atoms with Crippen LogP contribution >= 0.6 is 15.9 Å². The van der Waals surface area contributed by atoms with Crippen LogP contribution in [-0.2, 0) is 6.42 Å². The molecule has 16 heavy (non-hydrogen) atoms. The number of halogens is 1. The molecule has 0 spiro atoms. The van der Waals surface area contributed by atoms with Gasteiger partial charge >= 0.3 is 0 Å². The molecule has 0 bridgehead atoms. The zero-order valence-electron chi connectivity index (χ0n) is 9.88. The highest BCUT2D eigenvalue weighted by atomic mass is 79.9. The first-order valence-electron chi connectivity index (χ1n) is 6.24. The quantitative estimate of drug-likeness (QED) is 0.871. The monoisotopic (exact) mass is 281 g/mol. The maximum absolute atomic E-state index is 5.95. The van der Waals surface area contributed by atoms with Gasteiger partial charge in [0, 0.05) is 10.5 Å². The molecule has 2 heteroatoms. The summed E-state index contributed by atoms with van der Waals surface area (Å²) in [4.78, 5) is 0. The van der Waals surface area contributed by atoms with Crippen LogP contribution in [0.1, 0.15) is 49.7 Å². The summed E-state index contributed by atoms with van der Waals surface area (Å²) >= 11 is 3.71. The smallest absolute Gasteiger partial charge is 0.0212 e. The molecule has 0 amide bonds. The minimum atomic E-state index is 0.435. The number of benzene rings is 1. The highest BCUT2D eigenvalue weighted by Crippen LogP contribution is 2.36. The Labute approximate surface area is 107 Å². The van der Waals surface area contributed by atoms with Crippen molar-refractivity contribution < 1.29 is 0 Å². The Hall–Kier alpha value is -0.340. The van der Waals surface area contributed by atoms with Crippen LogP contribution in [0.25, 0.3) is 0 Å². The molecule has 2 rings (SSSR count). The van der Waals surface area contributed by atoms with Crippen molar-refractivity contribution in [2.75, 3.05) is 0 Å². The van der Waals surface area contributed by atoms with Gasteiger partial charge in [-0.3, -0.25) is 0 Å². The van der Waals surface area contributed by atoms with Gasteiger partial charge in [-0.1, -0.05) is 35.0 Å². The predicted molar refractivity (Wildman–Crippen MR) is 72.7 cm³/mol. The van der Waals surface area contributed by atoms with Crippen LogP contribution in [0.4, 0.5) is 0 Å². The molecule has 1 aromatic carbocycles. The van der Waals surface area contributed by atoms with Crippen LogP contribution in [0.3, 0.4) is 0 Å². The van der Waals surface area contributed by atoms with Crippen molar-refractivity contribution in [2.45, 2.75) is 51.0 Å². The van der Waals surface area contributed by atoms with Gasteiger partial charge in [0.05, 0.1) is 0 Å². The molecule has 1 aromatic rings. The van der Waals surface area contributed by atoms with E-state index in [0.29, 0.717) is 12.0 Å². The minimum Gasteiger partial charge on any atom is -0.328 e. The van der Waals surface area contributed by atoms with Gasteiger partial charge in [0.15, 0.2) is 0 Å². The number of rotatable bonds is 2. The molecule has 88 valence electrons. The molecule has 1 aliphatic carbocycles. The summed E-state index contributed by atoms with van der Waals surface area (Å²) in [6.07, 6.45) is 5.93. The van der Waals surface area contributed by atoms with E-state index in [1.165, 1.54) is 41.3 Å². The molecule has 1 fully saturated rings. The minimum absolute atomic E-state index is 0.435. The lowest BCUT2D eigenvalue weighted by molar-refractivity contribution is 0.395. The molecule has 0 radical (unpaired) electrons. The van der Waals surface area contributed by atoms with E-state index in [9.17, 15) is 0 Å². The molecule has 0 heterocycles. The lowest BCUT2D eigenvalue weighted by Gasteiger charge is -2.27. The van der Waals surface area contributed by atoms with E-state index in [1.54, 1.807) is 0 Å². The van der Waals surface area contributed by atoms with E-state index in [4.69, 9.17) is 5.73 Å². The van der Waals surface area contributed by atoms with Crippen LogP contribution in [0, 0.1) is 0 Å². The van der Waals surface area contributed by atoms with Gasteiger partial charge in [-0.05, 0) is 55.2 Å². The van der Waals surface area contributed by atoms with E-state index >= 15 is 0 Å². The Balaban J connectivity index is 2.14. The normalized spacial score (nSPS) is 25.7. The van der Waals surface area contributed by atoms with Gasteiger partial charge in [0.1, 0.15) is 0 Å². The molecule has 0 atom stereocenters. The molecule has 2 N–H and O–H groups in total. The molecular weight excluding hydrogens is 262 g/mol. The molecule has 0 unspecified atom stereocenters. The summed E-state index contributed by atoms with van der Waals surface area (Å²) in [5, 5.41) is 0. The highest BCUT2D eigenvalue weighted by Gasteiger charge is 2.21. The fraction of sp³-hybridized carbons (Fsp3) is 0.571. The molecule has 1 nitrogen and oxygen atoms in total. The third kappa shape index (κ3) is 2.67. The Morgan fingerprint density at radius 1 is 1.25 bits per heavy atom. The fourth-order valence-corrected chi connectivity index (χ4v) is 3.30. The highest BCUT2D eigenvalue weighted by molar-refractivity contribution is 9.10. The summed E-state index contributed by atoms with van der Waals surface area (Å²) in [7, 11) is 0. The third-order valence-electron chi connectivity index (χ3n) is 3.68. The second-order valence-electron chi connectivity index (χ2n) is 4.82. The van der Waals surface area contributed by atoms with Crippen LogP contribution in [0.5, 0.6) is 0 Å². The Morgan fingerprint density at radius 3 is 2.50 bits per heavy atom. The number of hydrogen-bond acceptors (Lipinski definition) is 1. The van der Waals surface area contributed by atoms with Gasteiger partial charge in [0.2, 0.25) is 0 Å². The van der Waals surface area contributed by atoms with Crippen LogP contribution in [0.2, 0.25) is 0 Å². The lowest BCUT2D eigenvalue weighted by Crippen LogP contribution is -2.25. The first kappa shape index (κ1) is 12.1. The SMILES string of the molecule is CCc1ccc(C2CCC(N)CC2)c(Br)c1. The van der Waals surface area contributed by atoms with E-state index in [1.807, 2.05) is 0 Å². The van der Waals surface area contributed by atoms with Crippen LogP contribution < -0.4 is 5.73 Å². The number of aryl methyl sites for hydroxylation is 1. The van der Waals surface area contributed by atoms with Gasteiger partial charge in [-0.2, -0.15) is 0 Å². The third-order valence-corrected chi connectivity index (χ3v) is 4.37. The average molecular weight is 282 g/mol. The fourth-order valence-electron chi connectivity index (χ4n) is 2.55. The second kappa shape index (κ2) is 5.33. The van der Waals surface area contributed by atoms with Crippen molar-refractivity contribution in [3.8, 4) is 0 Å². The zero-order chi connectivity index (χ0) is 11.5. The van der Waals surface area contributed by atoms with Crippen molar-refractivity contribution in [1.29, 1.82) is 0 Å². The molecular formula is C14H20BrN. The largest absolute Gasteiger partial charge is 0.328 e. The molecule has 1 saturated carbocycles. The maximum atomic E-state index is 5.95. The van der Waals surface area contributed by atoms with Gasteiger partial charge < -0.3 is 5.73 Å². The first-order chi connectivity index (χ1) is 7.70. The topological polar surface area (TPSA) is 26.0 Å². The average Bonchev–Trinajstić information content (AvgIpc) is 2.30. The summed E-state index contributed by atoms with van der Waals surface area (Å²) in [5.74, 6) is 0.708.